The Bertz CT molecular complexity index is 492. The lowest BCUT2D eigenvalue weighted by molar-refractivity contribution is 1.18. The molecule has 0 radical (unpaired) electrons. The van der Waals surface area contributed by atoms with E-state index in [4.69, 9.17) is 5.73 Å². The Morgan fingerprint density at radius 1 is 0.933 bits per heavy atom. The first-order chi connectivity index (χ1) is 7.34. The van der Waals surface area contributed by atoms with Gasteiger partial charge in [0, 0.05) is 5.56 Å². The van der Waals surface area contributed by atoms with Crippen molar-refractivity contribution in [2.45, 2.75) is 0 Å². The highest BCUT2D eigenvalue weighted by atomic mass is 14.9. The van der Waals surface area contributed by atoms with Gasteiger partial charge in [-0.05, 0) is 18.1 Å². The molecule has 2 N–H and O–H groups in total. The zero-order valence-electron chi connectivity index (χ0n) is 8.01. The van der Waals surface area contributed by atoms with Crippen molar-refractivity contribution in [1.29, 1.82) is 0 Å². The average Bonchev–Trinajstić information content (AvgIpc) is 2.30. The van der Waals surface area contributed by atoms with Crippen molar-refractivity contribution in [2.75, 3.05) is 5.73 Å². The normalized spacial score (nSPS) is 9.07. The van der Waals surface area contributed by atoms with Crippen LogP contribution in [-0.4, -0.2) is 9.97 Å². The lowest BCUT2D eigenvalue weighted by atomic mass is 10.2. The van der Waals surface area contributed by atoms with Gasteiger partial charge in [-0.1, -0.05) is 24.1 Å². The molecule has 0 unspecified atom stereocenters. The molecule has 1 aromatic heterocycles. The fourth-order valence-corrected chi connectivity index (χ4v) is 1.06. The van der Waals surface area contributed by atoms with Gasteiger partial charge >= 0.3 is 0 Å². The molecule has 0 bridgehead atoms. The second-order valence-corrected chi connectivity index (χ2v) is 2.94. The highest BCUT2D eigenvalue weighted by Gasteiger charge is 1.89. The SMILES string of the molecule is Nc1cnc(C#Cc2ccccc2)cn1. The van der Waals surface area contributed by atoms with Crippen molar-refractivity contribution < 1.29 is 0 Å². The monoisotopic (exact) mass is 195 g/mol. The minimum Gasteiger partial charge on any atom is -0.382 e. The van der Waals surface area contributed by atoms with E-state index in [1.807, 2.05) is 30.3 Å². The van der Waals surface area contributed by atoms with Crippen LogP contribution in [0, 0.1) is 11.8 Å². The van der Waals surface area contributed by atoms with Crippen LogP contribution in [0.4, 0.5) is 5.82 Å². The third kappa shape index (κ3) is 2.55. The van der Waals surface area contributed by atoms with E-state index < -0.39 is 0 Å². The van der Waals surface area contributed by atoms with Crippen molar-refractivity contribution in [3.8, 4) is 11.8 Å². The first kappa shape index (κ1) is 9.22. The minimum absolute atomic E-state index is 0.403. The maximum Gasteiger partial charge on any atom is 0.141 e. The predicted molar refractivity (Wildman–Crippen MR) is 58.9 cm³/mol. The average molecular weight is 195 g/mol. The van der Waals surface area contributed by atoms with Gasteiger partial charge in [0.05, 0.1) is 12.4 Å². The minimum atomic E-state index is 0.403. The fourth-order valence-electron chi connectivity index (χ4n) is 1.06. The van der Waals surface area contributed by atoms with Gasteiger partial charge in [-0.3, -0.25) is 0 Å². The van der Waals surface area contributed by atoms with Gasteiger partial charge in [-0.15, -0.1) is 0 Å². The molecule has 3 nitrogen and oxygen atoms in total. The number of hydrogen-bond acceptors (Lipinski definition) is 3. The Hall–Kier alpha value is -2.34. The second-order valence-electron chi connectivity index (χ2n) is 2.94. The molecule has 0 saturated heterocycles. The Labute approximate surface area is 88.0 Å². The van der Waals surface area contributed by atoms with Crippen LogP contribution in [0.2, 0.25) is 0 Å². The quantitative estimate of drug-likeness (QED) is 0.647. The van der Waals surface area contributed by atoms with Crippen molar-refractivity contribution in [2.24, 2.45) is 0 Å². The zero-order valence-corrected chi connectivity index (χ0v) is 8.01. The number of benzene rings is 1. The molecule has 15 heavy (non-hydrogen) atoms. The predicted octanol–water partition coefficient (Wildman–Crippen LogP) is 1.46. The van der Waals surface area contributed by atoms with Crippen LogP contribution >= 0.6 is 0 Å². The maximum absolute atomic E-state index is 5.41. The van der Waals surface area contributed by atoms with E-state index >= 15 is 0 Å². The van der Waals surface area contributed by atoms with Crippen LogP contribution in [0.25, 0.3) is 0 Å². The molecule has 2 rings (SSSR count). The zero-order chi connectivity index (χ0) is 10.5. The maximum atomic E-state index is 5.41. The van der Waals surface area contributed by atoms with Crippen molar-refractivity contribution >= 4 is 5.82 Å². The number of hydrogen-bond donors (Lipinski definition) is 1. The summed E-state index contributed by atoms with van der Waals surface area (Å²) in [6, 6.07) is 9.72. The number of nitrogens with two attached hydrogens (primary N) is 1. The number of rotatable bonds is 0. The lowest BCUT2D eigenvalue weighted by Crippen LogP contribution is -1.92. The van der Waals surface area contributed by atoms with E-state index in [1.54, 1.807) is 6.20 Å². The Balaban J connectivity index is 2.22. The summed E-state index contributed by atoms with van der Waals surface area (Å²) in [6.45, 7) is 0. The molecule has 0 aliphatic heterocycles. The van der Waals surface area contributed by atoms with Crippen LogP contribution in [0.5, 0.6) is 0 Å². The summed E-state index contributed by atoms with van der Waals surface area (Å²) in [5.41, 5.74) is 6.99. The highest BCUT2D eigenvalue weighted by Crippen LogP contribution is 1.97. The molecule has 1 aromatic carbocycles. The van der Waals surface area contributed by atoms with Gasteiger partial charge in [-0.2, -0.15) is 0 Å². The molecule has 0 aliphatic carbocycles. The molecule has 0 spiro atoms. The molecule has 0 aliphatic rings. The first-order valence-corrected chi connectivity index (χ1v) is 4.49. The van der Waals surface area contributed by atoms with E-state index in [0.717, 1.165) is 5.56 Å². The summed E-state index contributed by atoms with van der Waals surface area (Å²) >= 11 is 0. The summed E-state index contributed by atoms with van der Waals surface area (Å²) in [5.74, 6) is 6.30. The van der Waals surface area contributed by atoms with Crippen LogP contribution < -0.4 is 5.73 Å². The summed E-state index contributed by atoms with van der Waals surface area (Å²) in [5, 5.41) is 0. The number of nitrogen functional groups attached to an aromatic ring is 1. The molecule has 1 heterocycles. The van der Waals surface area contributed by atoms with Gasteiger partial charge in [-0.25, -0.2) is 9.97 Å². The van der Waals surface area contributed by atoms with Gasteiger partial charge in [0.1, 0.15) is 11.5 Å². The van der Waals surface area contributed by atoms with E-state index in [-0.39, 0.29) is 0 Å². The Kier molecular flexibility index (Phi) is 2.61. The smallest absolute Gasteiger partial charge is 0.141 e. The molecule has 0 atom stereocenters. The highest BCUT2D eigenvalue weighted by molar-refractivity contribution is 5.39. The van der Waals surface area contributed by atoms with Crippen LogP contribution in [-0.2, 0) is 0 Å². The third-order valence-electron chi connectivity index (χ3n) is 1.78. The van der Waals surface area contributed by atoms with Crippen molar-refractivity contribution in [1.82, 2.24) is 9.97 Å². The Morgan fingerprint density at radius 3 is 2.40 bits per heavy atom. The van der Waals surface area contributed by atoms with Crippen molar-refractivity contribution in [3.05, 3.63) is 54.0 Å². The van der Waals surface area contributed by atoms with E-state index in [1.165, 1.54) is 6.20 Å². The van der Waals surface area contributed by atoms with Gasteiger partial charge in [0.2, 0.25) is 0 Å². The number of anilines is 1. The summed E-state index contributed by atoms with van der Waals surface area (Å²) in [4.78, 5) is 7.94. The molecule has 72 valence electrons. The topological polar surface area (TPSA) is 51.8 Å². The molecular weight excluding hydrogens is 186 g/mol. The third-order valence-corrected chi connectivity index (χ3v) is 1.78. The standard InChI is InChI=1S/C12H9N3/c13-12-9-14-11(8-15-12)7-6-10-4-2-1-3-5-10/h1-5,8-9H,(H2,13,15). The van der Waals surface area contributed by atoms with Crippen LogP contribution in [0.15, 0.2) is 42.7 Å². The molecule has 0 fully saturated rings. The molecular formula is C12H9N3. The van der Waals surface area contributed by atoms with E-state index in [0.29, 0.717) is 11.5 Å². The largest absolute Gasteiger partial charge is 0.382 e. The van der Waals surface area contributed by atoms with E-state index in [2.05, 4.69) is 21.8 Å². The second kappa shape index (κ2) is 4.25. The van der Waals surface area contributed by atoms with Gasteiger partial charge in [0.15, 0.2) is 0 Å². The summed E-state index contributed by atoms with van der Waals surface area (Å²) in [7, 11) is 0. The fraction of sp³-hybridized carbons (Fsp3) is 0. The molecule has 0 saturated carbocycles. The molecule has 3 heteroatoms. The van der Waals surface area contributed by atoms with Gasteiger partial charge in [0.25, 0.3) is 0 Å². The van der Waals surface area contributed by atoms with Gasteiger partial charge < -0.3 is 5.73 Å². The van der Waals surface area contributed by atoms with E-state index in [9.17, 15) is 0 Å². The lowest BCUT2D eigenvalue weighted by Gasteiger charge is -1.90. The van der Waals surface area contributed by atoms with Crippen LogP contribution in [0.3, 0.4) is 0 Å². The van der Waals surface area contributed by atoms with Crippen molar-refractivity contribution in [3.63, 3.8) is 0 Å². The van der Waals surface area contributed by atoms with Crippen LogP contribution in [0.1, 0.15) is 11.3 Å². The summed E-state index contributed by atoms with van der Waals surface area (Å²) < 4.78 is 0. The number of aromatic nitrogens is 2. The molecule has 0 amide bonds. The molecule has 2 aromatic rings. The first-order valence-electron chi connectivity index (χ1n) is 4.49. The summed E-state index contributed by atoms with van der Waals surface area (Å²) in [6.07, 6.45) is 3.06. The Morgan fingerprint density at radius 2 is 1.73 bits per heavy atom. The number of nitrogens with zero attached hydrogens (tertiary/aromatic N) is 2.